The van der Waals surface area contributed by atoms with Crippen LogP contribution in [-0.2, 0) is 15.3 Å². The highest BCUT2D eigenvalue weighted by molar-refractivity contribution is 7.99. The quantitative estimate of drug-likeness (QED) is 0.662. The number of aromatic nitrogens is 2. The van der Waals surface area contributed by atoms with Gasteiger partial charge < -0.3 is 15.0 Å². The smallest absolute Gasteiger partial charge is 0.410 e. The lowest BCUT2D eigenvalue weighted by atomic mass is 10.2. The average Bonchev–Trinajstić information content (AvgIpc) is 3.16. The molecule has 2 aromatic heterocycles. The first kappa shape index (κ1) is 23.6. The molecule has 1 N–H and O–H groups in total. The van der Waals surface area contributed by atoms with Gasteiger partial charge in [0, 0.05) is 62.7 Å². The lowest BCUT2D eigenvalue weighted by Gasteiger charge is -2.35. The number of rotatable bonds is 7. The highest BCUT2D eigenvalue weighted by atomic mass is 32.2. The fourth-order valence-electron chi connectivity index (χ4n) is 3.10. The summed E-state index contributed by atoms with van der Waals surface area (Å²) in [4.78, 5) is 45.2. The van der Waals surface area contributed by atoms with Crippen LogP contribution in [0.5, 0.6) is 0 Å². The Labute approximate surface area is 189 Å². The number of fused-ring (bicyclic) bond motifs is 1. The van der Waals surface area contributed by atoms with Crippen LogP contribution in [0.1, 0.15) is 26.5 Å². The Morgan fingerprint density at radius 3 is 2.71 bits per heavy atom. The summed E-state index contributed by atoms with van der Waals surface area (Å²) in [5.41, 5.74) is 0.102. The third-order valence-electron chi connectivity index (χ3n) is 4.61. The molecule has 0 atom stereocenters. The van der Waals surface area contributed by atoms with E-state index in [9.17, 15) is 14.4 Å². The molecule has 0 unspecified atom stereocenters. The normalized spacial score (nSPS) is 15.3. The van der Waals surface area contributed by atoms with E-state index >= 15 is 0 Å². The summed E-state index contributed by atoms with van der Waals surface area (Å²) >= 11 is 2.85. The summed E-state index contributed by atoms with van der Waals surface area (Å²) in [5, 5.41) is 4.75. The maximum absolute atomic E-state index is 12.1. The van der Waals surface area contributed by atoms with Crippen molar-refractivity contribution >= 4 is 40.1 Å². The summed E-state index contributed by atoms with van der Waals surface area (Å²) < 4.78 is 6.92. The third-order valence-corrected chi connectivity index (χ3v) is 6.34. The van der Waals surface area contributed by atoms with Crippen molar-refractivity contribution in [1.29, 1.82) is 0 Å². The van der Waals surface area contributed by atoms with Crippen molar-refractivity contribution in [1.82, 2.24) is 24.5 Å². The highest BCUT2D eigenvalue weighted by Crippen LogP contribution is 2.13. The molecule has 9 nitrogen and oxygen atoms in total. The second-order valence-corrected chi connectivity index (χ2v) is 10.2. The van der Waals surface area contributed by atoms with Crippen molar-refractivity contribution in [2.45, 2.75) is 32.1 Å². The summed E-state index contributed by atoms with van der Waals surface area (Å²) in [6.07, 6.45) is 1.43. The Kier molecular flexibility index (Phi) is 7.95. The SMILES string of the molecule is CC(C)(C)OC(=O)N1CCN(CCNC(=O)CSCc2cc(=O)n3ccsc3n2)CC1. The van der Waals surface area contributed by atoms with Crippen molar-refractivity contribution < 1.29 is 14.3 Å². The van der Waals surface area contributed by atoms with Gasteiger partial charge in [-0.05, 0) is 20.8 Å². The van der Waals surface area contributed by atoms with Gasteiger partial charge in [-0.15, -0.1) is 23.1 Å². The van der Waals surface area contributed by atoms with Crippen LogP contribution in [0.3, 0.4) is 0 Å². The Morgan fingerprint density at radius 1 is 1.26 bits per heavy atom. The van der Waals surface area contributed by atoms with Gasteiger partial charge in [-0.2, -0.15) is 0 Å². The molecule has 3 rings (SSSR count). The summed E-state index contributed by atoms with van der Waals surface area (Å²) in [7, 11) is 0. The molecule has 1 saturated heterocycles. The summed E-state index contributed by atoms with van der Waals surface area (Å²) in [6.45, 7) is 9.66. The topological polar surface area (TPSA) is 96.2 Å². The molecule has 0 spiro atoms. The number of piperazine rings is 1. The van der Waals surface area contributed by atoms with Crippen LogP contribution < -0.4 is 10.9 Å². The minimum absolute atomic E-state index is 0.0358. The number of thioether (sulfide) groups is 1. The van der Waals surface area contributed by atoms with E-state index in [1.54, 1.807) is 11.1 Å². The summed E-state index contributed by atoms with van der Waals surface area (Å²) in [5.74, 6) is 0.799. The van der Waals surface area contributed by atoms with Crippen LogP contribution in [-0.4, -0.2) is 81.8 Å². The predicted molar refractivity (Wildman–Crippen MR) is 123 cm³/mol. The van der Waals surface area contributed by atoms with Crippen LogP contribution in [0.4, 0.5) is 4.79 Å². The van der Waals surface area contributed by atoms with E-state index in [1.807, 2.05) is 26.2 Å². The van der Waals surface area contributed by atoms with Gasteiger partial charge in [-0.3, -0.25) is 18.9 Å². The maximum Gasteiger partial charge on any atom is 0.410 e. The Bertz CT molecular complexity index is 960. The predicted octanol–water partition coefficient (Wildman–Crippen LogP) is 1.66. The second-order valence-electron chi connectivity index (χ2n) is 8.29. The molecule has 2 aromatic rings. The van der Waals surface area contributed by atoms with E-state index in [4.69, 9.17) is 4.74 Å². The minimum atomic E-state index is -0.487. The number of nitrogens with one attached hydrogen (secondary N) is 1. The fourth-order valence-corrected chi connectivity index (χ4v) is 4.58. The van der Waals surface area contributed by atoms with E-state index in [0.29, 0.717) is 41.8 Å². The maximum atomic E-state index is 12.1. The molecule has 0 saturated carbocycles. The second kappa shape index (κ2) is 10.5. The minimum Gasteiger partial charge on any atom is -0.444 e. The summed E-state index contributed by atoms with van der Waals surface area (Å²) in [6, 6.07) is 1.52. The fraction of sp³-hybridized carbons (Fsp3) is 0.600. The Hall–Kier alpha value is -2.11. The first-order valence-electron chi connectivity index (χ1n) is 10.2. The number of amides is 2. The zero-order chi connectivity index (χ0) is 22.4. The van der Waals surface area contributed by atoms with Crippen molar-refractivity contribution in [3.05, 3.63) is 33.7 Å². The van der Waals surface area contributed by atoms with E-state index in [1.165, 1.54) is 33.6 Å². The molecule has 11 heteroatoms. The van der Waals surface area contributed by atoms with E-state index in [0.717, 1.165) is 19.6 Å². The number of carbonyl (C=O) groups excluding carboxylic acids is 2. The van der Waals surface area contributed by atoms with Gasteiger partial charge in [0.25, 0.3) is 5.56 Å². The molecule has 0 radical (unpaired) electrons. The molecule has 0 bridgehead atoms. The lowest BCUT2D eigenvalue weighted by molar-refractivity contribution is -0.118. The monoisotopic (exact) mass is 467 g/mol. The largest absolute Gasteiger partial charge is 0.444 e. The van der Waals surface area contributed by atoms with Gasteiger partial charge >= 0.3 is 6.09 Å². The third kappa shape index (κ3) is 7.22. The molecule has 1 aliphatic rings. The number of hydrogen-bond donors (Lipinski definition) is 1. The van der Waals surface area contributed by atoms with Crippen LogP contribution in [0.25, 0.3) is 4.96 Å². The number of nitrogens with zero attached hydrogens (tertiary/aromatic N) is 4. The van der Waals surface area contributed by atoms with Gasteiger partial charge in [0.15, 0.2) is 4.96 Å². The van der Waals surface area contributed by atoms with Crippen molar-refractivity contribution in [2.24, 2.45) is 0 Å². The number of carbonyl (C=O) groups is 2. The van der Waals surface area contributed by atoms with Crippen LogP contribution in [0.2, 0.25) is 0 Å². The molecular weight excluding hydrogens is 438 g/mol. The van der Waals surface area contributed by atoms with E-state index < -0.39 is 5.60 Å². The van der Waals surface area contributed by atoms with Crippen LogP contribution in [0, 0.1) is 0 Å². The molecule has 0 aromatic carbocycles. The zero-order valence-electron chi connectivity index (χ0n) is 18.1. The number of ether oxygens (including phenoxy) is 1. The molecule has 2 amide bonds. The Morgan fingerprint density at radius 2 is 2.00 bits per heavy atom. The molecule has 1 fully saturated rings. The average molecular weight is 468 g/mol. The van der Waals surface area contributed by atoms with E-state index in [-0.39, 0.29) is 17.6 Å². The van der Waals surface area contributed by atoms with Crippen LogP contribution >= 0.6 is 23.1 Å². The molecule has 0 aliphatic carbocycles. The first-order valence-corrected chi connectivity index (χ1v) is 12.3. The standard InChI is InChI=1S/C20H29N5O4S2/c1-20(2,3)29-19(28)24-8-6-23(7-9-24)5-4-21-16(26)14-30-13-15-12-17(27)25-10-11-31-18(25)22-15/h10-12H,4-9,13-14H2,1-3H3,(H,21,26). The van der Waals surface area contributed by atoms with Gasteiger partial charge in [-0.25, -0.2) is 9.78 Å². The Balaban J connectivity index is 1.30. The van der Waals surface area contributed by atoms with E-state index in [2.05, 4.69) is 15.2 Å². The van der Waals surface area contributed by atoms with Gasteiger partial charge in [0.1, 0.15) is 5.60 Å². The number of hydrogen-bond acceptors (Lipinski definition) is 8. The molecule has 1 aliphatic heterocycles. The first-order chi connectivity index (χ1) is 14.7. The van der Waals surface area contributed by atoms with Crippen molar-refractivity contribution in [3.63, 3.8) is 0 Å². The molecule has 3 heterocycles. The molecular formula is C20H29N5O4S2. The molecule has 31 heavy (non-hydrogen) atoms. The van der Waals surface area contributed by atoms with Gasteiger partial charge in [0.05, 0.1) is 11.4 Å². The molecule has 170 valence electrons. The van der Waals surface area contributed by atoms with Gasteiger partial charge in [-0.1, -0.05) is 0 Å². The highest BCUT2D eigenvalue weighted by Gasteiger charge is 2.25. The number of thiazole rings is 1. The van der Waals surface area contributed by atoms with Crippen LogP contribution in [0.15, 0.2) is 22.4 Å². The lowest BCUT2D eigenvalue weighted by Crippen LogP contribution is -2.51. The van der Waals surface area contributed by atoms with Crippen molar-refractivity contribution in [2.75, 3.05) is 45.0 Å². The zero-order valence-corrected chi connectivity index (χ0v) is 19.8. The van der Waals surface area contributed by atoms with Gasteiger partial charge in [0.2, 0.25) is 5.91 Å². The van der Waals surface area contributed by atoms with Crippen molar-refractivity contribution in [3.8, 4) is 0 Å².